The Bertz CT molecular complexity index is 668. The van der Waals surface area contributed by atoms with Crippen molar-refractivity contribution < 1.29 is 17.6 Å². The molecule has 0 aliphatic heterocycles. The number of halogens is 1. The summed E-state index contributed by atoms with van der Waals surface area (Å²) in [6.45, 7) is 1.69. The van der Waals surface area contributed by atoms with Crippen LogP contribution in [0.4, 0.5) is 10.1 Å². The van der Waals surface area contributed by atoms with E-state index < -0.39 is 26.8 Å². The van der Waals surface area contributed by atoms with E-state index in [9.17, 15) is 17.6 Å². The Morgan fingerprint density at radius 2 is 2.10 bits per heavy atom. The van der Waals surface area contributed by atoms with Gasteiger partial charge in [-0.25, -0.2) is 12.8 Å². The van der Waals surface area contributed by atoms with E-state index in [0.717, 1.165) is 6.26 Å². The maximum absolute atomic E-state index is 13.3. The number of rotatable bonds is 6. The van der Waals surface area contributed by atoms with Crippen LogP contribution < -0.4 is 10.6 Å². The van der Waals surface area contributed by atoms with E-state index in [0.29, 0.717) is 5.69 Å². The number of nitrogens with one attached hydrogen (secondary N) is 2. The summed E-state index contributed by atoms with van der Waals surface area (Å²) in [4.78, 5) is 11.5. The van der Waals surface area contributed by atoms with Gasteiger partial charge in [0.2, 0.25) is 5.91 Å². The van der Waals surface area contributed by atoms with Crippen LogP contribution in [0.25, 0.3) is 0 Å². The summed E-state index contributed by atoms with van der Waals surface area (Å²) >= 11 is 0. The SMILES string of the molecule is C[C@H](C(=O)NCCNc1cccc(F)c1C#N)S(C)(=O)=O. The Morgan fingerprint density at radius 1 is 1.43 bits per heavy atom. The average Bonchev–Trinajstić information content (AvgIpc) is 2.41. The van der Waals surface area contributed by atoms with Gasteiger partial charge in [-0.1, -0.05) is 6.07 Å². The molecule has 0 aromatic heterocycles. The van der Waals surface area contributed by atoms with Gasteiger partial charge in [0.25, 0.3) is 0 Å². The fourth-order valence-electron chi connectivity index (χ4n) is 1.51. The third-order valence-electron chi connectivity index (χ3n) is 2.88. The van der Waals surface area contributed by atoms with Crippen molar-refractivity contribution in [3.05, 3.63) is 29.6 Å². The molecule has 114 valence electrons. The van der Waals surface area contributed by atoms with E-state index in [1.165, 1.54) is 19.1 Å². The number of benzene rings is 1. The minimum atomic E-state index is -3.43. The zero-order chi connectivity index (χ0) is 16.0. The minimum absolute atomic E-state index is 0.103. The number of nitriles is 1. The molecular formula is C13H16FN3O3S. The van der Waals surface area contributed by atoms with Crippen molar-refractivity contribution in [1.29, 1.82) is 5.26 Å². The highest BCUT2D eigenvalue weighted by atomic mass is 32.2. The van der Waals surface area contributed by atoms with Gasteiger partial charge in [0.05, 0.1) is 5.69 Å². The Hall–Kier alpha value is -2.14. The first-order valence-corrected chi connectivity index (χ1v) is 8.12. The molecule has 0 spiro atoms. The molecule has 1 aromatic rings. The number of anilines is 1. The first-order valence-electron chi connectivity index (χ1n) is 6.16. The lowest BCUT2D eigenvalue weighted by Gasteiger charge is -2.12. The molecule has 21 heavy (non-hydrogen) atoms. The smallest absolute Gasteiger partial charge is 0.238 e. The second kappa shape index (κ2) is 7.04. The van der Waals surface area contributed by atoms with E-state index in [1.54, 1.807) is 12.1 Å². The van der Waals surface area contributed by atoms with E-state index in [4.69, 9.17) is 5.26 Å². The molecule has 0 radical (unpaired) electrons. The molecule has 8 heteroatoms. The van der Waals surface area contributed by atoms with Crippen LogP contribution >= 0.6 is 0 Å². The molecule has 6 nitrogen and oxygen atoms in total. The fourth-order valence-corrected chi connectivity index (χ4v) is 1.98. The number of nitrogens with zero attached hydrogens (tertiary/aromatic N) is 1. The summed E-state index contributed by atoms with van der Waals surface area (Å²) in [7, 11) is -3.43. The van der Waals surface area contributed by atoms with Crippen molar-refractivity contribution >= 4 is 21.4 Å². The number of hydrogen-bond donors (Lipinski definition) is 2. The van der Waals surface area contributed by atoms with Crippen molar-refractivity contribution in [3.8, 4) is 6.07 Å². The zero-order valence-corrected chi connectivity index (χ0v) is 12.5. The average molecular weight is 313 g/mol. The van der Waals surface area contributed by atoms with E-state index in [2.05, 4.69) is 10.6 Å². The van der Waals surface area contributed by atoms with Crippen LogP contribution in [0.5, 0.6) is 0 Å². The molecule has 0 saturated heterocycles. The van der Waals surface area contributed by atoms with Crippen LogP contribution in [-0.4, -0.2) is 38.9 Å². The first kappa shape index (κ1) is 16.9. The van der Waals surface area contributed by atoms with Gasteiger partial charge in [-0.3, -0.25) is 4.79 Å². The van der Waals surface area contributed by atoms with Crippen molar-refractivity contribution in [1.82, 2.24) is 5.32 Å². The maximum atomic E-state index is 13.3. The van der Waals surface area contributed by atoms with Gasteiger partial charge in [-0.05, 0) is 19.1 Å². The lowest BCUT2D eigenvalue weighted by molar-refractivity contribution is -0.120. The lowest BCUT2D eigenvalue weighted by Crippen LogP contribution is -2.39. The van der Waals surface area contributed by atoms with Crippen LogP contribution in [0.2, 0.25) is 0 Å². The Balaban J connectivity index is 2.51. The normalized spacial score (nSPS) is 12.3. The van der Waals surface area contributed by atoms with Crippen LogP contribution in [-0.2, 0) is 14.6 Å². The van der Waals surface area contributed by atoms with Gasteiger partial charge in [-0.15, -0.1) is 0 Å². The van der Waals surface area contributed by atoms with Crippen molar-refractivity contribution in [2.45, 2.75) is 12.2 Å². The largest absolute Gasteiger partial charge is 0.382 e. The van der Waals surface area contributed by atoms with Crippen molar-refractivity contribution in [2.24, 2.45) is 0 Å². The molecule has 0 unspecified atom stereocenters. The second-order valence-electron chi connectivity index (χ2n) is 4.46. The van der Waals surface area contributed by atoms with E-state index in [1.807, 2.05) is 0 Å². The summed E-state index contributed by atoms with van der Waals surface area (Å²) in [5, 5.41) is 13.0. The highest BCUT2D eigenvalue weighted by molar-refractivity contribution is 7.92. The monoisotopic (exact) mass is 313 g/mol. The summed E-state index contributed by atoms with van der Waals surface area (Å²) < 4.78 is 35.7. The minimum Gasteiger partial charge on any atom is -0.382 e. The summed E-state index contributed by atoms with van der Waals surface area (Å²) in [5.74, 6) is -1.23. The number of hydrogen-bond acceptors (Lipinski definition) is 5. The number of amides is 1. The molecule has 0 fully saturated rings. The van der Waals surface area contributed by atoms with Gasteiger partial charge >= 0.3 is 0 Å². The van der Waals surface area contributed by atoms with Gasteiger partial charge in [0.15, 0.2) is 9.84 Å². The fraction of sp³-hybridized carbons (Fsp3) is 0.385. The summed E-state index contributed by atoms with van der Waals surface area (Å²) in [6, 6.07) is 5.93. The lowest BCUT2D eigenvalue weighted by atomic mass is 10.2. The van der Waals surface area contributed by atoms with E-state index >= 15 is 0 Å². The highest BCUT2D eigenvalue weighted by Gasteiger charge is 2.22. The second-order valence-corrected chi connectivity index (χ2v) is 6.83. The Kier molecular flexibility index (Phi) is 5.67. The van der Waals surface area contributed by atoms with Gasteiger partial charge in [-0.2, -0.15) is 5.26 Å². The third-order valence-corrected chi connectivity index (χ3v) is 4.38. The Morgan fingerprint density at radius 3 is 2.67 bits per heavy atom. The standard InChI is InChI=1S/C13H16FN3O3S/c1-9(21(2,19)20)13(18)17-7-6-16-12-5-3-4-11(14)10(12)8-15/h3-5,9,16H,6-7H2,1-2H3,(H,17,18)/t9-/m1/s1. The molecule has 0 heterocycles. The molecule has 1 aromatic carbocycles. The zero-order valence-electron chi connectivity index (χ0n) is 11.7. The molecule has 0 saturated carbocycles. The molecular weight excluding hydrogens is 297 g/mol. The van der Waals surface area contributed by atoms with Gasteiger partial charge in [0, 0.05) is 19.3 Å². The van der Waals surface area contributed by atoms with Crippen LogP contribution in [0.1, 0.15) is 12.5 Å². The van der Waals surface area contributed by atoms with E-state index in [-0.39, 0.29) is 18.7 Å². The topological polar surface area (TPSA) is 99.1 Å². The molecule has 1 atom stereocenters. The predicted molar refractivity (Wildman–Crippen MR) is 76.9 cm³/mol. The first-order chi connectivity index (χ1) is 9.77. The number of carbonyl (C=O) groups excluding carboxylic acids is 1. The molecule has 0 bridgehead atoms. The molecule has 0 aliphatic rings. The molecule has 1 rings (SSSR count). The van der Waals surface area contributed by atoms with Crippen molar-refractivity contribution in [2.75, 3.05) is 24.7 Å². The summed E-state index contributed by atoms with van der Waals surface area (Å²) in [6.07, 6.45) is 0.988. The Labute approximate surface area is 122 Å². The molecule has 2 N–H and O–H groups in total. The highest BCUT2D eigenvalue weighted by Crippen LogP contribution is 2.17. The van der Waals surface area contributed by atoms with Crippen LogP contribution in [0, 0.1) is 17.1 Å². The van der Waals surface area contributed by atoms with Gasteiger partial charge < -0.3 is 10.6 Å². The van der Waals surface area contributed by atoms with Crippen molar-refractivity contribution in [3.63, 3.8) is 0 Å². The summed E-state index contributed by atoms with van der Waals surface area (Å²) in [5.41, 5.74) is 0.219. The number of sulfone groups is 1. The van der Waals surface area contributed by atoms with Gasteiger partial charge in [0.1, 0.15) is 22.7 Å². The predicted octanol–water partition coefficient (Wildman–Crippen LogP) is 0.659. The van der Waals surface area contributed by atoms with Crippen LogP contribution in [0.15, 0.2) is 18.2 Å². The number of carbonyl (C=O) groups is 1. The third kappa shape index (κ3) is 4.72. The molecule has 1 amide bonds. The quantitative estimate of drug-likeness (QED) is 0.752. The van der Waals surface area contributed by atoms with Crippen LogP contribution in [0.3, 0.4) is 0 Å². The molecule has 0 aliphatic carbocycles. The maximum Gasteiger partial charge on any atom is 0.238 e.